The average Bonchev–Trinajstić information content (AvgIpc) is 2.63. The van der Waals surface area contributed by atoms with Crippen LogP contribution in [0.15, 0.2) is 66.7 Å². The van der Waals surface area contributed by atoms with Crippen molar-refractivity contribution in [2.75, 3.05) is 0 Å². The molecule has 124 valence electrons. The Kier molecular flexibility index (Phi) is 4.90. The van der Waals surface area contributed by atoms with E-state index in [1.54, 1.807) is 0 Å². The number of halogens is 2. The molecule has 0 bridgehead atoms. The normalized spacial score (nSPS) is 11.8. The molecule has 0 aromatic heterocycles. The Labute approximate surface area is 146 Å². The van der Waals surface area contributed by atoms with Crippen LogP contribution in [-0.4, -0.2) is 0 Å². The van der Waals surface area contributed by atoms with Crippen molar-refractivity contribution in [3.63, 3.8) is 0 Å². The molecule has 3 rings (SSSR count). The summed E-state index contributed by atoms with van der Waals surface area (Å²) in [7, 11) is 0. The van der Waals surface area contributed by atoms with Gasteiger partial charge in [0.1, 0.15) is 23.3 Å². The van der Waals surface area contributed by atoms with Crippen LogP contribution in [0.5, 0.6) is 0 Å². The molecule has 0 aliphatic heterocycles. The lowest BCUT2D eigenvalue weighted by molar-refractivity contribution is 0.577. The minimum absolute atomic E-state index is 0.386. The third-order valence-corrected chi connectivity index (χ3v) is 4.35. The molecule has 0 aliphatic rings. The summed E-state index contributed by atoms with van der Waals surface area (Å²) in [5, 5.41) is 8.74. The van der Waals surface area contributed by atoms with Gasteiger partial charge in [-0.2, -0.15) is 5.26 Å². The van der Waals surface area contributed by atoms with Crippen molar-refractivity contribution < 1.29 is 8.78 Å². The molecule has 0 heterocycles. The molecule has 0 radical (unpaired) electrons. The molecule has 0 unspecified atom stereocenters. The number of nitriles is 1. The van der Waals surface area contributed by atoms with Crippen molar-refractivity contribution in [2.45, 2.75) is 19.3 Å². The largest absolute Gasteiger partial charge is 0.205 e. The smallest absolute Gasteiger partial charge is 0.144 e. The van der Waals surface area contributed by atoms with E-state index < -0.39 is 17.2 Å². The molecule has 0 N–H and O–H groups in total. The van der Waals surface area contributed by atoms with E-state index in [9.17, 15) is 8.78 Å². The monoisotopic (exact) mass is 333 g/mol. The maximum Gasteiger partial charge on any atom is 0.144 e. The molecular weight excluding hydrogens is 316 g/mol. The minimum Gasteiger partial charge on any atom is -0.205 e. The van der Waals surface area contributed by atoms with Crippen molar-refractivity contribution in [3.05, 3.63) is 95.1 Å². The average molecular weight is 333 g/mol. The second-order valence-electron chi connectivity index (χ2n) is 6.14. The van der Waals surface area contributed by atoms with Crippen LogP contribution in [0, 0.1) is 23.0 Å². The highest BCUT2D eigenvalue weighted by Crippen LogP contribution is 2.26. The molecule has 3 aromatic rings. The molecule has 0 amide bonds. The van der Waals surface area contributed by atoms with Gasteiger partial charge in [0.05, 0.1) is 0 Å². The van der Waals surface area contributed by atoms with Gasteiger partial charge in [0.25, 0.3) is 0 Å². The van der Waals surface area contributed by atoms with Gasteiger partial charge in [-0.05, 0) is 46.7 Å². The summed E-state index contributed by atoms with van der Waals surface area (Å²) < 4.78 is 27.5. The van der Waals surface area contributed by atoms with E-state index >= 15 is 0 Å². The van der Waals surface area contributed by atoms with Crippen LogP contribution in [0.4, 0.5) is 8.78 Å². The minimum atomic E-state index is -0.834. The van der Waals surface area contributed by atoms with Gasteiger partial charge in [0.2, 0.25) is 0 Å². The zero-order chi connectivity index (χ0) is 17.8. The summed E-state index contributed by atoms with van der Waals surface area (Å²) in [6.07, 6.45) is 0.889. The summed E-state index contributed by atoms with van der Waals surface area (Å²) in [5.41, 5.74) is 3.05. The van der Waals surface area contributed by atoms with Crippen molar-refractivity contribution in [1.29, 1.82) is 5.26 Å². The Bertz CT molecular complexity index is 886. The standard InChI is InChI=1S/C22H17F2N/c1-15(17-5-3-2-4-6-17)11-16-7-9-18(10-8-16)19-12-21(23)20(14-25)22(24)13-19/h2-10,12-13,15H,11H2,1H3/t15-/m0/s1. The molecule has 0 aliphatic carbocycles. The highest BCUT2D eigenvalue weighted by atomic mass is 19.1. The second-order valence-corrected chi connectivity index (χ2v) is 6.14. The molecule has 1 atom stereocenters. The van der Waals surface area contributed by atoms with Gasteiger partial charge in [0, 0.05) is 0 Å². The van der Waals surface area contributed by atoms with Gasteiger partial charge in [0.15, 0.2) is 0 Å². The van der Waals surface area contributed by atoms with E-state index in [0.29, 0.717) is 11.5 Å². The first-order valence-corrected chi connectivity index (χ1v) is 8.12. The summed E-state index contributed by atoms with van der Waals surface area (Å²) in [6, 6.07) is 21.9. The van der Waals surface area contributed by atoms with Gasteiger partial charge in [-0.3, -0.25) is 0 Å². The molecule has 0 saturated carbocycles. The van der Waals surface area contributed by atoms with Crippen molar-refractivity contribution >= 4 is 0 Å². The quantitative estimate of drug-likeness (QED) is 0.587. The van der Waals surface area contributed by atoms with Crippen LogP contribution in [-0.2, 0) is 6.42 Å². The van der Waals surface area contributed by atoms with Crippen LogP contribution in [0.25, 0.3) is 11.1 Å². The number of nitrogens with zero attached hydrogens (tertiary/aromatic N) is 1. The fourth-order valence-electron chi connectivity index (χ4n) is 2.93. The van der Waals surface area contributed by atoms with E-state index in [0.717, 1.165) is 17.5 Å². The first-order chi connectivity index (χ1) is 12.1. The summed E-state index contributed by atoms with van der Waals surface area (Å²) >= 11 is 0. The Morgan fingerprint density at radius 3 is 2.04 bits per heavy atom. The summed E-state index contributed by atoms with van der Waals surface area (Å²) in [4.78, 5) is 0. The van der Waals surface area contributed by atoms with Crippen LogP contribution < -0.4 is 0 Å². The van der Waals surface area contributed by atoms with Gasteiger partial charge in [-0.25, -0.2) is 8.78 Å². The topological polar surface area (TPSA) is 23.8 Å². The van der Waals surface area contributed by atoms with Crippen LogP contribution in [0.3, 0.4) is 0 Å². The Hall–Kier alpha value is -2.99. The zero-order valence-corrected chi connectivity index (χ0v) is 13.8. The zero-order valence-electron chi connectivity index (χ0n) is 13.8. The Balaban J connectivity index is 1.80. The molecule has 0 saturated heterocycles. The lowest BCUT2D eigenvalue weighted by atomic mass is 9.93. The van der Waals surface area contributed by atoms with E-state index in [1.807, 2.05) is 42.5 Å². The maximum atomic E-state index is 13.8. The molecule has 3 heteroatoms. The molecule has 3 aromatic carbocycles. The summed E-state index contributed by atoms with van der Waals surface area (Å²) in [5.74, 6) is -1.28. The van der Waals surface area contributed by atoms with Gasteiger partial charge < -0.3 is 0 Å². The van der Waals surface area contributed by atoms with Gasteiger partial charge in [-0.15, -0.1) is 0 Å². The first-order valence-electron chi connectivity index (χ1n) is 8.12. The van der Waals surface area contributed by atoms with Crippen molar-refractivity contribution in [3.8, 4) is 17.2 Å². The maximum absolute atomic E-state index is 13.8. The van der Waals surface area contributed by atoms with Crippen molar-refractivity contribution in [2.24, 2.45) is 0 Å². The van der Waals surface area contributed by atoms with E-state index in [2.05, 4.69) is 19.1 Å². The molecule has 1 nitrogen and oxygen atoms in total. The third-order valence-electron chi connectivity index (χ3n) is 4.35. The highest BCUT2D eigenvalue weighted by Gasteiger charge is 2.12. The number of hydrogen-bond acceptors (Lipinski definition) is 1. The Morgan fingerprint density at radius 1 is 0.880 bits per heavy atom. The molecule has 0 fully saturated rings. The van der Waals surface area contributed by atoms with E-state index in [-0.39, 0.29) is 0 Å². The first kappa shape index (κ1) is 16.9. The third kappa shape index (κ3) is 3.75. The number of benzene rings is 3. The second kappa shape index (κ2) is 7.27. The van der Waals surface area contributed by atoms with E-state index in [1.165, 1.54) is 23.8 Å². The predicted molar refractivity (Wildman–Crippen MR) is 95.1 cm³/mol. The fourth-order valence-corrected chi connectivity index (χ4v) is 2.93. The lowest BCUT2D eigenvalue weighted by Crippen LogP contribution is -1.98. The number of rotatable bonds is 4. The van der Waals surface area contributed by atoms with Gasteiger partial charge in [-0.1, -0.05) is 61.5 Å². The SMILES string of the molecule is C[C@@H](Cc1ccc(-c2cc(F)c(C#N)c(F)c2)cc1)c1ccccc1. The molecule has 25 heavy (non-hydrogen) atoms. The molecule has 0 spiro atoms. The summed E-state index contributed by atoms with van der Waals surface area (Å²) in [6.45, 7) is 2.18. The fraction of sp³-hybridized carbons (Fsp3) is 0.136. The molecular formula is C22H17F2N. The highest BCUT2D eigenvalue weighted by molar-refractivity contribution is 5.65. The van der Waals surface area contributed by atoms with Crippen LogP contribution >= 0.6 is 0 Å². The van der Waals surface area contributed by atoms with E-state index in [4.69, 9.17) is 5.26 Å². The predicted octanol–water partition coefficient (Wildman–Crippen LogP) is 5.85. The van der Waals surface area contributed by atoms with Crippen molar-refractivity contribution in [1.82, 2.24) is 0 Å². The lowest BCUT2D eigenvalue weighted by Gasteiger charge is -2.12. The van der Waals surface area contributed by atoms with Gasteiger partial charge >= 0.3 is 0 Å². The van der Waals surface area contributed by atoms with Crippen LogP contribution in [0.2, 0.25) is 0 Å². The van der Waals surface area contributed by atoms with Crippen LogP contribution in [0.1, 0.15) is 29.5 Å². The number of hydrogen-bond donors (Lipinski definition) is 0. The Morgan fingerprint density at radius 2 is 1.48 bits per heavy atom.